The number of imidazole rings is 1. The van der Waals surface area contributed by atoms with Crippen LogP contribution in [0.4, 0.5) is 5.82 Å². The van der Waals surface area contributed by atoms with Gasteiger partial charge in [0.2, 0.25) is 5.91 Å². The smallest absolute Gasteiger partial charge is 0.242 e. The summed E-state index contributed by atoms with van der Waals surface area (Å²) in [5, 5.41) is 6.58. The van der Waals surface area contributed by atoms with Crippen LogP contribution in [-0.2, 0) is 17.8 Å². The summed E-state index contributed by atoms with van der Waals surface area (Å²) in [5.74, 6) is 2.17. The third-order valence-electron chi connectivity index (χ3n) is 5.60. The fourth-order valence-electron chi connectivity index (χ4n) is 4.37. The maximum atomic E-state index is 12.8. The monoisotopic (exact) mass is 317 g/mol. The number of nitrogens with zero attached hydrogens (tertiary/aromatic N) is 3. The molecule has 2 saturated heterocycles. The van der Waals surface area contributed by atoms with E-state index in [1.54, 1.807) is 0 Å². The van der Waals surface area contributed by atoms with Crippen molar-refractivity contribution in [2.24, 2.45) is 0 Å². The van der Waals surface area contributed by atoms with Crippen molar-refractivity contribution in [1.29, 1.82) is 0 Å². The average Bonchev–Trinajstić information content (AvgIpc) is 3.23. The first-order chi connectivity index (χ1) is 11.3. The van der Waals surface area contributed by atoms with Gasteiger partial charge in [-0.15, -0.1) is 0 Å². The molecule has 1 amide bonds. The number of fused-ring (bicyclic) bond motifs is 1. The highest BCUT2D eigenvalue weighted by molar-refractivity contribution is 5.94. The summed E-state index contributed by atoms with van der Waals surface area (Å²) in [6, 6.07) is 0.599. The summed E-state index contributed by atoms with van der Waals surface area (Å²) >= 11 is 0. The summed E-state index contributed by atoms with van der Waals surface area (Å²) in [5.41, 5.74) is 0. The van der Waals surface area contributed by atoms with E-state index in [-0.39, 0.29) is 11.9 Å². The summed E-state index contributed by atoms with van der Waals surface area (Å²) in [6.45, 7) is 4.19. The lowest BCUT2D eigenvalue weighted by atomic mass is 10.0. The molecule has 1 aromatic rings. The zero-order valence-electron chi connectivity index (χ0n) is 13.8. The summed E-state index contributed by atoms with van der Waals surface area (Å²) < 4.78 is 2.19. The lowest BCUT2D eigenvalue weighted by Crippen LogP contribution is -2.49. The van der Waals surface area contributed by atoms with Gasteiger partial charge in [-0.2, -0.15) is 0 Å². The van der Waals surface area contributed by atoms with E-state index in [1.165, 1.54) is 12.8 Å². The van der Waals surface area contributed by atoms with E-state index < -0.39 is 0 Å². The summed E-state index contributed by atoms with van der Waals surface area (Å²) in [6.07, 6.45) is 9.68. The Kier molecular flexibility index (Phi) is 4.35. The lowest BCUT2D eigenvalue weighted by molar-refractivity contribution is -0.121. The molecule has 3 aliphatic heterocycles. The molecule has 0 unspecified atom stereocenters. The molecule has 3 aliphatic rings. The van der Waals surface area contributed by atoms with Crippen LogP contribution >= 0.6 is 0 Å². The Bertz CT molecular complexity index is 563. The van der Waals surface area contributed by atoms with E-state index in [0.717, 1.165) is 69.9 Å². The normalized spacial score (nSPS) is 26.2. The predicted molar refractivity (Wildman–Crippen MR) is 89.4 cm³/mol. The number of hydrogen-bond donors (Lipinski definition) is 2. The number of likely N-dealkylation sites (tertiary alicyclic amines) is 1. The molecule has 0 aromatic carbocycles. The van der Waals surface area contributed by atoms with E-state index in [4.69, 9.17) is 0 Å². The Morgan fingerprint density at radius 3 is 2.91 bits per heavy atom. The van der Waals surface area contributed by atoms with Crippen LogP contribution in [-0.4, -0.2) is 52.1 Å². The van der Waals surface area contributed by atoms with Crippen molar-refractivity contribution in [1.82, 2.24) is 19.8 Å². The van der Waals surface area contributed by atoms with Gasteiger partial charge >= 0.3 is 0 Å². The first-order valence-electron chi connectivity index (χ1n) is 9.14. The molecule has 0 aliphatic carbocycles. The third-order valence-corrected chi connectivity index (χ3v) is 5.60. The molecule has 0 bridgehead atoms. The van der Waals surface area contributed by atoms with Gasteiger partial charge in [0.15, 0.2) is 0 Å². The molecule has 2 N–H and O–H groups in total. The maximum Gasteiger partial charge on any atom is 0.242 e. The number of rotatable bonds is 3. The number of aromatic nitrogens is 2. The van der Waals surface area contributed by atoms with Gasteiger partial charge in [-0.3, -0.25) is 9.69 Å². The summed E-state index contributed by atoms with van der Waals surface area (Å²) in [7, 11) is 0. The van der Waals surface area contributed by atoms with Crippen molar-refractivity contribution in [3.63, 3.8) is 0 Å². The van der Waals surface area contributed by atoms with Crippen molar-refractivity contribution in [2.75, 3.05) is 25.0 Å². The number of carbonyl (C=O) groups excluding carboxylic acids is 1. The molecule has 1 atom stereocenters. The molecule has 0 radical (unpaired) electrons. The minimum absolute atomic E-state index is 0.0350. The Morgan fingerprint density at radius 2 is 2.04 bits per heavy atom. The van der Waals surface area contributed by atoms with Crippen LogP contribution in [0.3, 0.4) is 0 Å². The Hall–Kier alpha value is -1.40. The number of hydrogen-bond acceptors (Lipinski definition) is 4. The molecular formula is C17H27N5O. The Morgan fingerprint density at radius 1 is 1.17 bits per heavy atom. The van der Waals surface area contributed by atoms with E-state index in [1.807, 2.05) is 6.20 Å². The quantitative estimate of drug-likeness (QED) is 0.884. The van der Waals surface area contributed by atoms with Crippen molar-refractivity contribution in [3.8, 4) is 0 Å². The van der Waals surface area contributed by atoms with E-state index in [2.05, 4.69) is 25.1 Å². The molecule has 1 aromatic heterocycles. The SMILES string of the molecule is O=C(Nc1cnc2n1CCCC2)[C@H]1CCCN1C1CCNCC1. The predicted octanol–water partition coefficient (Wildman–Crippen LogP) is 1.37. The van der Waals surface area contributed by atoms with E-state index >= 15 is 0 Å². The van der Waals surface area contributed by atoms with Gasteiger partial charge in [0.25, 0.3) is 0 Å². The maximum absolute atomic E-state index is 12.8. The van der Waals surface area contributed by atoms with Gasteiger partial charge < -0.3 is 15.2 Å². The largest absolute Gasteiger partial charge is 0.317 e. The fraction of sp³-hybridized carbons (Fsp3) is 0.765. The first-order valence-corrected chi connectivity index (χ1v) is 9.14. The standard InChI is InChI=1S/C17H27N5O/c23-17(20-16-12-19-15-5-1-2-10-22(15)16)14-4-3-11-21(14)13-6-8-18-9-7-13/h12-14,18H,1-11H2,(H,20,23)/t14-/m1/s1. The Labute approximate surface area is 137 Å². The third kappa shape index (κ3) is 3.02. The zero-order valence-corrected chi connectivity index (χ0v) is 13.8. The van der Waals surface area contributed by atoms with Crippen molar-refractivity contribution in [3.05, 3.63) is 12.0 Å². The van der Waals surface area contributed by atoms with Crippen molar-refractivity contribution in [2.45, 2.75) is 63.6 Å². The van der Waals surface area contributed by atoms with Gasteiger partial charge in [0, 0.05) is 19.0 Å². The molecule has 4 rings (SSSR count). The van der Waals surface area contributed by atoms with Gasteiger partial charge in [-0.05, 0) is 58.2 Å². The van der Waals surface area contributed by atoms with Gasteiger partial charge in [-0.25, -0.2) is 4.98 Å². The lowest BCUT2D eigenvalue weighted by Gasteiger charge is -2.35. The minimum atomic E-state index is 0.0350. The number of aryl methyl sites for hydroxylation is 1. The van der Waals surface area contributed by atoms with Gasteiger partial charge in [0.05, 0.1) is 12.2 Å². The number of anilines is 1. The highest BCUT2D eigenvalue weighted by atomic mass is 16.2. The highest BCUT2D eigenvalue weighted by Gasteiger charge is 2.36. The van der Waals surface area contributed by atoms with Crippen LogP contribution < -0.4 is 10.6 Å². The number of nitrogens with one attached hydrogen (secondary N) is 2. The highest BCUT2D eigenvalue weighted by Crippen LogP contribution is 2.26. The van der Waals surface area contributed by atoms with Crippen molar-refractivity contribution < 1.29 is 4.79 Å². The topological polar surface area (TPSA) is 62.2 Å². The molecule has 4 heterocycles. The van der Waals surface area contributed by atoms with E-state index in [0.29, 0.717) is 6.04 Å². The van der Waals surface area contributed by atoms with Crippen LogP contribution in [0.1, 0.15) is 44.3 Å². The number of carbonyl (C=O) groups is 1. The second kappa shape index (κ2) is 6.61. The molecule has 0 saturated carbocycles. The molecule has 6 nitrogen and oxygen atoms in total. The van der Waals surface area contributed by atoms with Crippen LogP contribution in [0.5, 0.6) is 0 Å². The molecule has 6 heteroatoms. The van der Waals surface area contributed by atoms with Gasteiger partial charge in [0.1, 0.15) is 11.6 Å². The minimum Gasteiger partial charge on any atom is -0.317 e. The number of piperidine rings is 1. The van der Waals surface area contributed by atoms with Gasteiger partial charge in [-0.1, -0.05) is 0 Å². The fourth-order valence-corrected chi connectivity index (χ4v) is 4.37. The van der Waals surface area contributed by atoms with Crippen LogP contribution in [0, 0.1) is 0 Å². The van der Waals surface area contributed by atoms with Crippen LogP contribution in [0.15, 0.2) is 6.20 Å². The first kappa shape index (κ1) is 15.1. The average molecular weight is 317 g/mol. The molecule has 0 spiro atoms. The number of amides is 1. The van der Waals surface area contributed by atoms with E-state index in [9.17, 15) is 4.79 Å². The summed E-state index contributed by atoms with van der Waals surface area (Å²) in [4.78, 5) is 19.8. The second-order valence-corrected chi connectivity index (χ2v) is 7.03. The molecule has 2 fully saturated rings. The molecular weight excluding hydrogens is 290 g/mol. The Balaban J connectivity index is 1.44. The molecule has 126 valence electrons. The molecule has 23 heavy (non-hydrogen) atoms. The van der Waals surface area contributed by atoms with Crippen molar-refractivity contribution >= 4 is 11.7 Å². The van der Waals surface area contributed by atoms with Crippen LogP contribution in [0.25, 0.3) is 0 Å². The zero-order chi connectivity index (χ0) is 15.6. The van der Waals surface area contributed by atoms with Crippen LogP contribution in [0.2, 0.25) is 0 Å². The second-order valence-electron chi connectivity index (χ2n) is 7.03.